The molecule has 2 aromatic carbocycles. The maximum atomic E-state index is 5.38. The number of hydrogen-bond acceptors (Lipinski definition) is 2. The first-order valence-corrected chi connectivity index (χ1v) is 6.46. The number of benzene rings is 2. The van der Waals surface area contributed by atoms with Crippen LogP contribution in [-0.2, 0) is 0 Å². The molecule has 0 heterocycles. The second kappa shape index (κ2) is 6.58. The highest BCUT2D eigenvalue weighted by atomic mass is 16.5. The van der Waals surface area contributed by atoms with E-state index in [2.05, 4.69) is 36.9 Å². The molecule has 20 heavy (non-hydrogen) atoms. The van der Waals surface area contributed by atoms with Gasteiger partial charge in [0, 0.05) is 6.21 Å². The number of rotatable bonds is 4. The predicted molar refractivity (Wildman–Crippen MR) is 83.9 cm³/mol. The normalized spacial score (nSPS) is 10.4. The molecule has 2 rings (SSSR count). The van der Waals surface area contributed by atoms with Crippen molar-refractivity contribution >= 4 is 11.9 Å². The molecule has 0 aliphatic heterocycles. The van der Waals surface area contributed by atoms with Crippen LogP contribution in [0.5, 0.6) is 5.75 Å². The van der Waals surface area contributed by atoms with Gasteiger partial charge in [0.05, 0.1) is 5.69 Å². The van der Waals surface area contributed by atoms with Gasteiger partial charge in [-0.1, -0.05) is 24.1 Å². The first-order valence-electron chi connectivity index (χ1n) is 6.46. The molecular formula is C18H17NO. The quantitative estimate of drug-likeness (QED) is 0.602. The topological polar surface area (TPSA) is 21.6 Å². The number of ether oxygens (including phenoxy) is 1. The van der Waals surface area contributed by atoms with E-state index in [4.69, 9.17) is 11.2 Å². The van der Waals surface area contributed by atoms with E-state index >= 15 is 0 Å². The standard InChI is InChI=1S/C18H17NO/c1-4-10-20-18-7-5-6-16(12-18)13-19-17-9-8-14(2)15(3)11-17/h1,5-9,11-13H,10H2,2-3H3. The average Bonchev–Trinajstić information content (AvgIpc) is 2.47. The fourth-order valence-electron chi connectivity index (χ4n) is 1.76. The predicted octanol–water partition coefficient (Wildman–Crippen LogP) is 4.07. The SMILES string of the molecule is C#CCOc1cccc(C=Nc2ccc(C)c(C)c2)c1. The third kappa shape index (κ3) is 3.73. The summed E-state index contributed by atoms with van der Waals surface area (Å²) in [6.07, 6.45) is 7.00. The Labute approximate surface area is 120 Å². The van der Waals surface area contributed by atoms with Gasteiger partial charge in [-0.05, 0) is 54.8 Å². The summed E-state index contributed by atoms with van der Waals surface area (Å²) in [4.78, 5) is 4.48. The van der Waals surface area contributed by atoms with Crippen LogP contribution in [0.2, 0.25) is 0 Å². The fraction of sp³-hybridized carbons (Fsp3) is 0.167. The minimum atomic E-state index is 0.276. The number of nitrogens with zero attached hydrogens (tertiary/aromatic N) is 1. The highest BCUT2D eigenvalue weighted by Gasteiger charge is 1.96. The Kier molecular flexibility index (Phi) is 4.57. The van der Waals surface area contributed by atoms with E-state index in [0.29, 0.717) is 0 Å². The Balaban J connectivity index is 2.14. The average molecular weight is 263 g/mol. The van der Waals surface area contributed by atoms with E-state index < -0.39 is 0 Å². The van der Waals surface area contributed by atoms with Gasteiger partial charge in [-0.2, -0.15) is 0 Å². The Hall–Kier alpha value is -2.53. The van der Waals surface area contributed by atoms with Gasteiger partial charge in [0.2, 0.25) is 0 Å². The molecule has 100 valence electrons. The Morgan fingerprint density at radius 3 is 2.75 bits per heavy atom. The molecule has 0 N–H and O–H groups in total. The lowest BCUT2D eigenvalue weighted by Gasteiger charge is -2.03. The lowest BCUT2D eigenvalue weighted by atomic mass is 10.1. The molecule has 2 nitrogen and oxygen atoms in total. The molecule has 2 aromatic rings. The highest BCUT2D eigenvalue weighted by Crippen LogP contribution is 2.18. The molecule has 0 aromatic heterocycles. The zero-order valence-corrected chi connectivity index (χ0v) is 11.8. The lowest BCUT2D eigenvalue weighted by Crippen LogP contribution is -1.93. The van der Waals surface area contributed by atoms with Gasteiger partial charge in [-0.25, -0.2) is 0 Å². The summed E-state index contributed by atoms with van der Waals surface area (Å²) in [6, 6.07) is 13.9. The van der Waals surface area contributed by atoms with E-state index in [1.165, 1.54) is 11.1 Å². The summed E-state index contributed by atoms with van der Waals surface area (Å²) in [7, 11) is 0. The monoisotopic (exact) mass is 263 g/mol. The summed E-state index contributed by atoms with van der Waals surface area (Å²) < 4.78 is 5.38. The Morgan fingerprint density at radius 2 is 2.00 bits per heavy atom. The fourth-order valence-corrected chi connectivity index (χ4v) is 1.76. The van der Waals surface area contributed by atoms with Crippen molar-refractivity contribution < 1.29 is 4.74 Å². The number of terminal acetylenes is 1. The maximum Gasteiger partial charge on any atom is 0.148 e. The van der Waals surface area contributed by atoms with Crippen LogP contribution in [0.25, 0.3) is 0 Å². The molecule has 2 heteroatoms. The van der Waals surface area contributed by atoms with Crippen molar-refractivity contribution in [2.45, 2.75) is 13.8 Å². The van der Waals surface area contributed by atoms with Gasteiger partial charge < -0.3 is 4.74 Å². The van der Waals surface area contributed by atoms with Crippen LogP contribution in [-0.4, -0.2) is 12.8 Å². The third-order valence-corrected chi connectivity index (χ3v) is 3.03. The molecular weight excluding hydrogens is 246 g/mol. The summed E-state index contributed by atoms with van der Waals surface area (Å²) in [5.74, 6) is 3.21. The Bertz CT molecular complexity index is 665. The summed E-state index contributed by atoms with van der Waals surface area (Å²) >= 11 is 0. The molecule has 0 aliphatic carbocycles. The van der Waals surface area contributed by atoms with Gasteiger partial charge in [0.1, 0.15) is 12.4 Å². The van der Waals surface area contributed by atoms with Crippen molar-refractivity contribution in [1.82, 2.24) is 0 Å². The minimum absolute atomic E-state index is 0.276. The van der Waals surface area contributed by atoms with Gasteiger partial charge in [0.25, 0.3) is 0 Å². The van der Waals surface area contributed by atoms with Crippen LogP contribution in [0.4, 0.5) is 5.69 Å². The molecule has 0 atom stereocenters. The van der Waals surface area contributed by atoms with E-state index in [9.17, 15) is 0 Å². The summed E-state index contributed by atoms with van der Waals surface area (Å²) in [5.41, 5.74) is 4.44. The largest absolute Gasteiger partial charge is 0.481 e. The molecule has 0 fully saturated rings. The van der Waals surface area contributed by atoms with Crippen molar-refractivity contribution in [3.8, 4) is 18.1 Å². The van der Waals surface area contributed by atoms with Crippen LogP contribution in [0, 0.1) is 26.2 Å². The first kappa shape index (κ1) is 13.9. The molecule has 0 aliphatic rings. The van der Waals surface area contributed by atoms with Crippen LogP contribution < -0.4 is 4.74 Å². The molecule has 0 bridgehead atoms. The van der Waals surface area contributed by atoms with Crippen molar-refractivity contribution in [2.24, 2.45) is 4.99 Å². The number of aliphatic imine (C=N–C) groups is 1. The van der Waals surface area contributed by atoms with Crippen LogP contribution in [0.1, 0.15) is 16.7 Å². The maximum absolute atomic E-state index is 5.38. The van der Waals surface area contributed by atoms with E-state index in [1.54, 1.807) is 0 Å². The van der Waals surface area contributed by atoms with Gasteiger partial charge >= 0.3 is 0 Å². The van der Waals surface area contributed by atoms with Crippen LogP contribution in [0.15, 0.2) is 47.5 Å². The molecule has 0 saturated carbocycles. The molecule has 0 unspecified atom stereocenters. The second-order valence-electron chi connectivity index (χ2n) is 4.59. The van der Waals surface area contributed by atoms with Crippen molar-refractivity contribution in [2.75, 3.05) is 6.61 Å². The highest BCUT2D eigenvalue weighted by molar-refractivity contribution is 5.82. The summed E-state index contributed by atoms with van der Waals surface area (Å²) in [5, 5.41) is 0. The van der Waals surface area contributed by atoms with E-state index in [-0.39, 0.29) is 6.61 Å². The summed E-state index contributed by atoms with van der Waals surface area (Å²) in [6.45, 7) is 4.45. The lowest BCUT2D eigenvalue weighted by molar-refractivity contribution is 0.370. The minimum Gasteiger partial charge on any atom is -0.481 e. The first-order chi connectivity index (χ1) is 9.69. The van der Waals surface area contributed by atoms with Crippen molar-refractivity contribution in [1.29, 1.82) is 0 Å². The van der Waals surface area contributed by atoms with Gasteiger partial charge in [0.15, 0.2) is 0 Å². The second-order valence-corrected chi connectivity index (χ2v) is 4.59. The zero-order chi connectivity index (χ0) is 14.4. The van der Waals surface area contributed by atoms with Crippen molar-refractivity contribution in [3.05, 3.63) is 59.2 Å². The van der Waals surface area contributed by atoms with E-state index in [0.717, 1.165) is 17.0 Å². The number of aryl methyl sites for hydroxylation is 2. The Morgan fingerprint density at radius 1 is 1.15 bits per heavy atom. The zero-order valence-electron chi connectivity index (χ0n) is 11.8. The smallest absolute Gasteiger partial charge is 0.148 e. The van der Waals surface area contributed by atoms with Crippen molar-refractivity contribution in [3.63, 3.8) is 0 Å². The van der Waals surface area contributed by atoms with Crippen LogP contribution >= 0.6 is 0 Å². The molecule has 0 radical (unpaired) electrons. The van der Waals surface area contributed by atoms with Gasteiger partial charge in [-0.3, -0.25) is 4.99 Å². The van der Waals surface area contributed by atoms with E-state index in [1.807, 2.05) is 36.5 Å². The molecule has 0 saturated heterocycles. The van der Waals surface area contributed by atoms with Crippen LogP contribution in [0.3, 0.4) is 0 Å². The number of hydrogen-bond donors (Lipinski definition) is 0. The third-order valence-electron chi connectivity index (χ3n) is 3.03. The molecule has 0 spiro atoms. The molecule has 0 amide bonds. The van der Waals surface area contributed by atoms with Gasteiger partial charge in [-0.15, -0.1) is 6.42 Å².